The number of ether oxygens (including phenoxy) is 1. The Balaban J connectivity index is 2.05. The Morgan fingerprint density at radius 3 is 2.81 bits per heavy atom. The third kappa shape index (κ3) is 3.58. The molecule has 0 bridgehead atoms. The van der Waals surface area contributed by atoms with E-state index in [1.165, 1.54) is 11.1 Å². The normalized spacial score (nSPS) is 16.1. The molecular formula is C18H26O3. The number of carbonyl (C=O) groups is 1. The zero-order valence-electron chi connectivity index (χ0n) is 13.2. The van der Waals surface area contributed by atoms with Crippen LogP contribution >= 0.6 is 0 Å². The van der Waals surface area contributed by atoms with E-state index in [2.05, 4.69) is 19.1 Å². The van der Waals surface area contributed by atoms with Crippen LogP contribution in [-0.4, -0.2) is 17.7 Å². The van der Waals surface area contributed by atoms with Crippen LogP contribution in [0.1, 0.15) is 57.1 Å². The number of carboxylic acids is 1. The number of fused-ring (bicyclic) bond motifs is 1. The van der Waals surface area contributed by atoms with Crippen LogP contribution in [-0.2, 0) is 17.6 Å². The summed E-state index contributed by atoms with van der Waals surface area (Å²) in [5, 5.41) is 9.66. The van der Waals surface area contributed by atoms with Crippen molar-refractivity contribution in [1.82, 2.24) is 0 Å². The van der Waals surface area contributed by atoms with Gasteiger partial charge in [-0.05, 0) is 42.9 Å². The zero-order valence-corrected chi connectivity index (χ0v) is 13.2. The van der Waals surface area contributed by atoms with Gasteiger partial charge in [0.25, 0.3) is 0 Å². The third-order valence-electron chi connectivity index (χ3n) is 4.79. The van der Waals surface area contributed by atoms with E-state index in [4.69, 9.17) is 4.74 Å². The molecule has 1 aromatic rings. The minimum Gasteiger partial charge on any atom is -0.493 e. The predicted molar refractivity (Wildman–Crippen MR) is 83.8 cm³/mol. The molecule has 0 amide bonds. The van der Waals surface area contributed by atoms with Crippen molar-refractivity contribution < 1.29 is 14.6 Å². The van der Waals surface area contributed by atoms with Crippen molar-refractivity contribution in [2.75, 3.05) is 6.61 Å². The number of hydrogen-bond donors (Lipinski definition) is 1. The molecule has 0 saturated carbocycles. The van der Waals surface area contributed by atoms with E-state index in [9.17, 15) is 9.90 Å². The molecule has 1 aromatic carbocycles. The molecule has 3 heteroatoms. The number of rotatable bonds is 8. The van der Waals surface area contributed by atoms with Crippen molar-refractivity contribution >= 4 is 5.97 Å². The molecule has 116 valence electrons. The van der Waals surface area contributed by atoms with Crippen molar-refractivity contribution in [3.05, 3.63) is 29.3 Å². The van der Waals surface area contributed by atoms with E-state index in [0.717, 1.165) is 50.9 Å². The second kappa shape index (κ2) is 6.97. The summed E-state index contributed by atoms with van der Waals surface area (Å²) >= 11 is 0. The molecule has 0 fully saturated rings. The molecule has 0 saturated heterocycles. The lowest BCUT2D eigenvalue weighted by Crippen LogP contribution is -2.31. The van der Waals surface area contributed by atoms with Gasteiger partial charge in [-0.15, -0.1) is 0 Å². The van der Waals surface area contributed by atoms with Gasteiger partial charge in [-0.25, -0.2) is 0 Å². The maximum absolute atomic E-state index is 11.7. The molecule has 2 rings (SSSR count). The number of aryl methyl sites for hydroxylation is 1. The SMILES string of the molecule is CCCCC(CC)(CCc1ccc2c(c1)CCO2)C(=O)O. The number of benzene rings is 1. The van der Waals surface area contributed by atoms with Crippen molar-refractivity contribution in [3.8, 4) is 5.75 Å². The fourth-order valence-electron chi connectivity index (χ4n) is 3.14. The average Bonchev–Trinajstić information content (AvgIpc) is 2.95. The van der Waals surface area contributed by atoms with Crippen LogP contribution in [0, 0.1) is 5.41 Å². The van der Waals surface area contributed by atoms with E-state index in [-0.39, 0.29) is 0 Å². The highest BCUT2D eigenvalue weighted by Crippen LogP contribution is 2.35. The van der Waals surface area contributed by atoms with Crippen molar-refractivity contribution in [2.45, 2.75) is 58.8 Å². The molecule has 1 atom stereocenters. The summed E-state index contributed by atoms with van der Waals surface area (Å²) in [7, 11) is 0. The van der Waals surface area contributed by atoms with Crippen LogP contribution in [0.25, 0.3) is 0 Å². The summed E-state index contributed by atoms with van der Waals surface area (Å²) in [6, 6.07) is 6.29. The predicted octanol–water partition coefficient (Wildman–Crippen LogP) is 4.23. The Morgan fingerprint density at radius 1 is 1.33 bits per heavy atom. The number of hydrogen-bond acceptors (Lipinski definition) is 2. The van der Waals surface area contributed by atoms with Gasteiger partial charge in [-0.1, -0.05) is 38.8 Å². The van der Waals surface area contributed by atoms with Crippen LogP contribution in [0.4, 0.5) is 0 Å². The van der Waals surface area contributed by atoms with Crippen molar-refractivity contribution in [1.29, 1.82) is 0 Å². The topological polar surface area (TPSA) is 46.5 Å². The first-order valence-electron chi connectivity index (χ1n) is 8.09. The van der Waals surface area contributed by atoms with Gasteiger partial charge in [0.15, 0.2) is 0 Å². The van der Waals surface area contributed by atoms with Gasteiger partial charge in [0, 0.05) is 6.42 Å². The van der Waals surface area contributed by atoms with E-state index in [1.54, 1.807) is 0 Å². The maximum atomic E-state index is 11.7. The van der Waals surface area contributed by atoms with E-state index in [0.29, 0.717) is 6.42 Å². The van der Waals surface area contributed by atoms with E-state index >= 15 is 0 Å². The van der Waals surface area contributed by atoms with Gasteiger partial charge in [0.05, 0.1) is 12.0 Å². The molecule has 1 aliphatic rings. The third-order valence-corrected chi connectivity index (χ3v) is 4.79. The van der Waals surface area contributed by atoms with Crippen LogP contribution in [0.5, 0.6) is 5.75 Å². The quantitative estimate of drug-likeness (QED) is 0.779. The molecule has 0 spiro atoms. The standard InChI is InChI=1S/C18H26O3/c1-3-5-10-18(4-2,17(19)20)11-8-14-6-7-16-15(13-14)9-12-21-16/h6-7,13H,3-5,8-12H2,1-2H3,(H,19,20). The average molecular weight is 290 g/mol. The molecule has 1 unspecified atom stereocenters. The first kappa shape index (κ1) is 15.9. The fraction of sp³-hybridized carbons (Fsp3) is 0.611. The number of aliphatic carboxylic acids is 1. The molecule has 1 N–H and O–H groups in total. The molecule has 3 nitrogen and oxygen atoms in total. The molecular weight excluding hydrogens is 264 g/mol. The summed E-state index contributed by atoms with van der Waals surface area (Å²) in [6.45, 7) is 4.88. The first-order valence-corrected chi connectivity index (χ1v) is 8.09. The summed E-state index contributed by atoms with van der Waals surface area (Å²) in [6.07, 6.45) is 6.04. The van der Waals surface area contributed by atoms with Gasteiger partial charge < -0.3 is 9.84 Å². The summed E-state index contributed by atoms with van der Waals surface area (Å²) in [4.78, 5) is 11.7. The highest BCUT2D eigenvalue weighted by molar-refractivity contribution is 5.74. The second-order valence-corrected chi connectivity index (χ2v) is 6.08. The van der Waals surface area contributed by atoms with Crippen LogP contribution < -0.4 is 4.74 Å². The number of carboxylic acid groups (broad SMARTS) is 1. The maximum Gasteiger partial charge on any atom is 0.309 e. The van der Waals surface area contributed by atoms with Crippen LogP contribution in [0.3, 0.4) is 0 Å². The van der Waals surface area contributed by atoms with Crippen LogP contribution in [0.15, 0.2) is 18.2 Å². The summed E-state index contributed by atoms with van der Waals surface area (Å²) < 4.78 is 5.52. The second-order valence-electron chi connectivity index (χ2n) is 6.08. The van der Waals surface area contributed by atoms with E-state index in [1.807, 2.05) is 13.0 Å². The first-order chi connectivity index (χ1) is 10.1. The van der Waals surface area contributed by atoms with Crippen LogP contribution in [0.2, 0.25) is 0 Å². The molecule has 1 aliphatic heterocycles. The Labute approximate surface area is 127 Å². The van der Waals surface area contributed by atoms with E-state index < -0.39 is 11.4 Å². The monoisotopic (exact) mass is 290 g/mol. The van der Waals surface area contributed by atoms with Gasteiger partial charge in [-0.2, -0.15) is 0 Å². The highest BCUT2D eigenvalue weighted by atomic mass is 16.5. The largest absolute Gasteiger partial charge is 0.493 e. The molecule has 0 aromatic heterocycles. The summed E-state index contributed by atoms with van der Waals surface area (Å²) in [5.74, 6) is 0.354. The Bertz CT molecular complexity index is 495. The molecule has 0 aliphatic carbocycles. The Kier molecular flexibility index (Phi) is 5.27. The lowest BCUT2D eigenvalue weighted by Gasteiger charge is -2.28. The molecule has 21 heavy (non-hydrogen) atoms. The Morgan fingerprint density at radius 2 is 2.14 bits per heavy atom. The molecule has 0 radical (unpaired) electrons. The van der Waals surface area contributed by atoms with Crippen molar-refractivity contribution in [2.24, 2.45) is 5.41 Å². The van der Waals surface area contributed by atoms with Gasteiger partial charge in [0.1, 0.15) is 5.75 Å². The minimum absolute atomic E-state index is 0.564. The lowest BCUT2D eigenvalue weighted by atomic mass is 9.75. The number of unbranched alkanes of at least 4 members (excludes halogenated alkanes) is 1. The zero-order chi connectivity index (χ0) is 15.3. The van der Waals surface area contributed by atoms with Gasteiger partial charge >= 0.3 is 5.97 Å². The molecule has 1 heterocycles. The van der Waals surface area contributed by atoms with Gasteiger partial charge in [0.2, 0.25) is 0 Å². The fourth-order valence-corrected chi connectivity index (χ4v) is 3.14. The summed E-state index contributed by atoms with van der Waals surface area (Å²) in [5.41, 5.74) is 1.93. The minimum atomic E-state index is -0.636. The Hall–Kier alpha value is -1.51. The smallest absolute Gasteiger partial charge is 0.309 e. The van der Waals surface area contributed by atoms with Crippen molar-refractivity contribution in [3.63, 3.8) is 0 Å². The highest BCUT2D eigenvalue weighted by Gasteiger charge is 2.35. The van der Waals surface area contributed by atoms with Gasteiger partial charge in [-0.3, -0.25) is 4.79 Å². The lowest BCUT2D eigenvalue weighted by molar-refractivity contribution is -0.150.